The van der Waals surface area contributed by atoms with Crippen molar-refractivity contribution in [2.45, 2.75) is 25.7 Å². The lowest BCUT2D eigenvalue weighted by Gasteiger charge is -1.98. The summed E-state index contributed by atoms with van der Waals surface area (Å²) in [6, 6.07) is 0. The molecule has 0 radical (unpaired) electrons. The van der Waals surface area contributed by atoms with E-state index in [-0.39, 0.29) is 11.7 Å². The molecule has 0 aliphatic heterocycles. The summed E-state index contributed by atoms with van der Waals surface area (Å²) in [5, 5.41) is 21.9. The van der Waals surface area contributed by atoms with E-state index in [1.165, 1.54) is 0 Å². The Kier molecular flexibility index (Phi) is 5.50. The molecule has 0 unspecified atom stereocenters. The van der Waals surface area contributed by atoms with Crippen LogP contribution in [0.15, 0.2) is 10.3 Å². The highest BCUT2D eigenvalue weighted by Gasteiger charge is 1.96. The summed E-state index contributed by atoms with van der Waals surface area (Å²) in [5.74, 6) is 0.406. The molecule has 0 aliphatic rings. The number of oxime groups is 2. The minimum Gasteiger partial charge on any atom is -0.409 e. The maximum atomic E-state index is 8.16. The SMILES string of the molecule is NC(CCCC/C(N)=N\O)=NO. The minimum atomic E-state index is 0.203. The van der Waals surface area contributed by atoms with Gasteiger partial charge in [-0.15, -0.1) is 0 Å². The average Bonchev–Trinajstić information content (AvgIpc) is 2.11. The van der Waals surface area contributed by atoms with Crippen LogP contribution in [0.1, 0.15) is 25.7 Å². The van der Waals surface area contributed by atoms with Gasteiger partial charge in [-0.1, -0.05) is 10.3 Å². The quantitative estimate of drug-likeness (QED) is 0.155. The molecular formula is C6H14N4O2. The van der Waals surface area contributed by atoms with Crippen LogP contribution in [-0.2, 0) is 0 Å². The lowest BCUT2D eigenvalue weighted by molar-refractivity contribution is 0.315. The number of unbranched alkanes of at least 4 members (excludes halogenated alkanes) is 1. The molecule has 0 aromatic carbocycles. The van der Waals surface area contributed by atoms with E-state index in [0.717, 1.165) is 12.8 Å². The molecule has 6 N–H and O–H groups in total. The second kappa shape index (κ2) is 6.26. The molecule has 0 saturated heterocycles. The van der Waals surface area contributed by atoms with Gasteiger partial charge in [0.2, 0.25) is 0 Å². The highest BCUT2D eigenvalue weighted by atomic mass is 16.4. The zero-order valence-electron chi connectivity index (χ0n) is 6.77. The first-order chi connectivity index (χ1) is 5.70. The third-order valence-corrected chi connectivity index (χ3v) is 1.37. The number of rotatable bonds is 5. The summed E-state index contributed by atoms with van der Waals surface area (Å²) in [6.07, 6.45) is 2.56. The molecule has 0 atom stereocenters. The standard InChI is InChI=1S/C6H14N4O2/c7-5(9-11)3-1-2-4-6(8)10-12/h11-12H,1-4H2,(H2,7,9)(H2,8,10). The van der Waals surface area contributed by atoms with Gasteiger partial charge < -0.3 is 21.9 Å². The van der Waals surface area contributed by atoms with Gasteiger partial charge in [-0.3, -0.25) is 0 Å². The first-order valence-electron chi connectivity index (χ1n) is 3.63. The summed E-state index contributed by atoms with van der Waals surface area (Å²) in [5.41, 5.74) is 10.4. The molecule has 70 valence electrons. The van der Waals surface area contributed by atoms with Gasteiger partial charge in [-0.25, -0.2) is 0 Å². The van der Waals surface area contributed by atoms with Crippen molar-refractivity contribution in [2.75, 3.05) is 0 Å². The van der Waals surface area contributed by atoms with Gasteiger partial charge in [0.25, 0.3) is 0 Å². The second-order valence-electron chi connectivity index (χ2n) is 2.39. The average molecular weight is 174 g/mol. The van der Waals surface area contributed by atoms with Gasteiger partial charge in [-0.2, -0.15) is 0 Å². The lowest BCUT2D eigenvalue weighted by Crippen LogP contribution is -2.13. The summed E-state index contributed by atoms with van der Waals surface area (Å²) in [7, 11) is 0. The predicted octanol–water partition coefficient (Wildman–Crippen LogP) is 0.0396. The van der Waals surface area contributed by atoms with E-state index in [2.05, 4.69) is 10.3 Å². The number of hydrogen-bond donors (Lipinski definition) is 4. The van der Waals surface area contributed by atoms with Gasteiger partial charge in [0.05, 0.1) is 0 Å². The van der Waals surface area contributed by atoms with E-state index in [0.29, 0.717) is 12.8 Å². The summed E-state index contributed by atoms with van der Waals surface area (Å²) >= 11 is 0. The fourth-order valence-corrected chi connectivity index (χ4v) is 0.712. The van der Waals surface area contributed by atoms with E-state index >= 15 is 0 Å². The summed E-state index contributed by atoms with van der Waals surface area (Å²) in [6.45, 7) is 0. The van der Waals surface area contributed by atoms with Crippen LogP contribution in [0.3, 0.4) is 0 Å². The normalized spacial score (nSPS) is 13.3. The minimum absolute atomic E-state index is 0.203. The Labute approximate surface area is 70.5 Å². The fourth-order valence-electron chi connectivity index (χ4n) is 0.712. The second-order valence-corrected chi connectivity index (χ2v) is 2.39. The van der Waals surface area contributed by atoms with Crippen LogP contribution in [0.25, 0.3) is 0 Å². The highest BCUT2D eigenvalue weighted by Crippen LogP contribution is 1.99. The molecule has 0 saturated carbocycles. The van der Waals surface area contributed by atoms with Crippen LogP contribution in [0.4, 0.5) is 0 Å². The highest BCUT2D eigenvalue weighted by molar-refractivity contribution is 5.80. The van der Waals surface area contributed by atoms with E-state index in [1.54, 1.807) is 0 Å². The third-order valence-electron chi connectivity index (χ3n) is 1.37. The molecule has 0 bridgehead atoms. The fraction of sp³-hybridized carbons (Fsp3) is 0.667. The molecule has 0 amide bonds. The van der Waals surface area contributed by atoms with Crippen molar-refractivity contribution < 1.29 is 10.4 Å². The molecule has 0 fully saturated rings. The summed E-state index contributed by atoms with van der Waals surface area (Å²) < 4.78 is 0. The number of nitrogens with zero attached hydrogens (tertiary/aromatic N) is 2. The Balaban J connectivity index is 3.34. The van der Waals surface area contributed by atoms with Crippen LogP contribution >= 0.6 is 0 Å². The van der Waals surface area contributed by atoms with Crippen molar-refractivity contribution in [1.29, 1.82) is 0 Å². The number of amidine groups is 2. The van der Waals surface area contributed by atoms with Crippen LogP contribution in [0.2, 0.25) is 0 Å². The monoisotopic (exact) mass is 174 g/mol. The van der Waals surface area contributed by atoms with Crippen LogP contribution in [0, 0.1) is 0 Å². The molecular weight excluding hydrogens is 160 g/mol. The molecule has 0 spiro atoms. The van der Waals surface area contributed by atoms with Crippen molar-refractivity contribution in [3.8, 4) is 0 Å². The van der Waals surface area contributed by atoms with Crippen molar-refractivity contribution in [2.24, 2.45) is 21.8 Å². The van der Waals surface area contributed by atoms with Gasteiger partial charge in [0.1, 0.15) is 11.7 Å². The van der Waals surface area contributed by atoms with Gasteiger partial charge >= 0.3 is 0 Å². The molecule has 0 rings (SSSR count). The van der Waals surface area contributed by atoms with Gasteiger partial charge in [-0.05, 0) is 12.8 Å². The lowest BCUT2D eigenvalue weighted by atomic mass is 10.2. The maximum Gasteiger partial charge on any atom is 0.139 e. The van der Waals surface area contributed by atoms with Crippen LogP contribution in [0.5, 0.6) is 0 Å². The maximum absolute atomic E-state index is 8.16. The van der Waals surface area contributed by atoms with Crippen molar-refractivity contribution in [3.05, 3.63) is 0 Å². The zero-order chi connectivity index (χ0) is 9.40. The van der Waals surface area contributed by atoms with E-state index in [1.807, 2.05) is 0 Å². The topological polar surface area (TPSA) is 117 Å². The Bertz CT molecular complexity index is 158. The Hall–Kier alpha value is -1.46. The van der Waals surface area contributed by atoms with Crippen molar-refractivity contribution in [1.82, 2.24) is 0 Å². The summed E-state index contributed by atoms with van der Waals surface area (Å²) in [4.78, 5) is 0. The molecule has 0 aliphatic carbocycles. The van der Waals surface area contributed by atoms with E-state index in [9.17, 15) is 0 Å². The smallest absolute Gasteiger partial charge is 0.139 e. The molecule has 12 heavy (non-hydrogen) atoms. The van der Waals surface area contributed by atoms with Gasteiger partial charge in [0.15, 0.2) is 0 Å². The number of nitrogens with two attached hydrogens (primary N) is 2. The Morgan fingerprint density at radius 1 is 0.917 bits per heavy atom. The van der Waals surface area contributed by atoms with E-state index in [4.69, 9.17) is 21.9 Å². The van der Waals surface area contributed by atoms with Gasteiger partial charge in [0, 0.05) is 12.8 Å². The molecule has 6 heteroatoms. The van der Waals surface area contributed by atoms with Crippen molar-refractivity contribution >= 4 is 11.7 Å². The zero-order valence-corrected chi connectivity index (χ0v) is 6.77. The van der Waals surface area contributed by atoms with Crippen LogP contribution in [-0.4, -0.2) is 22.1 Å². The molecule has 0 aromatic rings. The van der Waals surface area contributed by atoms with Crippen molar-refractivity contribution in [3.63, 3.8) is 0 Å². The molecule has 0 aromatic heterocycles. The Morgan fingerprint density at radius 2 is 1.25 bits per heavy atom. The third kappa shape index (κ3) is 5.33. The molecule has 0 heterocycles. The van der Waals surface area contributed by atoms with E-state index < -0.39 is 0 Å². The largest absolute Gasteiger partial charge is 0.409 e. The number of hydrogen-bond acceptors (Lipinski definition) is 4. The Morgan fingerprint density at radius 3 is 1.50 bits per heavy atom. The predicted molar refractivity (Wildman–Crippen MR) is 45.3 cm³/mol. The first-order valence-corrected chi connectivity index (χ1v) is 3.63. The van der Waals surface area contributed by atoms with Crippen LogP contribution < -0.4 is 11.5 Å². The molecule has 6 nitrogen and oxygen atoms in total. The first kappa shape index (κ1) is 10.5.